The maximum Gasteiger partial charge on any atom is 0.416 e. The van der Waals surface area contributed by atoms with Crippen molar-refractivity contribution in [1.82, 2.24) is 15.1 Å². The SMILES string of the molecule is CCCn1cc(C(NC)c2cccc(C(F)(F)F)c2)cn1. The molecule has 0 radical (unpaired) electrons. The monoisotopic (exact) mass is 297 g/mol. The van der Waals surface area contributed by atoms with E-state index in [1.54, 1.807) is 24.0 Å². The first-order valence-corrected chi connectivity index (χ1v) is 6.82. The molecular formula is C15H18F3N3. The highest BCUT2D eigenvalue weighted by Gasteiger charge is 2.31. The zero-order chi connectivity index (χ0) is 15.5. The number of rotatable bonds is 5. The van der Waals surface area contributed by atoms with E-state index in [0.29, 0.717) is 5.56 Å². The third kappa shape index (κ3) is 3.64. The zero-order valence-corrected chi connectivity index (χ0v) is 12.0. The molecule has 1 unspecified atom stereocenters. The van der Waals surface area contributed by atoms with E-state index >= 15 is 0 Å². The largest absolute Gasteiger partial charge is 0.416 e. The van der Waals surface area contributed by atoms with Gasteiger partial charge in [0.2, 0.25) is 0 Å². The lowest BCUT2D eigenvalue weighted by atomic mass is 9.99. The molecular weight excluding hydrogens is 279 g/mol. The van der Waals surface area contributed by atoms with Crippen molar-refractivity contribution in [2.24, 2.45) is 0 Å². The van der Waals surface area contributed by atoms with Gasteiger partial charge in [-0.15, -0.1) is 0 Å². The molecule has 0 bridgehead atoms. The average Bonchev–Trinajstić information content (AvgIpc) is 2.88. The summed E-state index contributed by atoms with van der Waals surface area (Å²) in [6, 6.07) is 5.07. The Bertz CT molecular complexity index is 590. The second-order valence-electron chi connectivity index (χ2n) is 4.88. The van der Waals surface area contributed by atoms with Gasteiger partial charge in [0.05, 0.1) is 17.8 Å². The van der Waals surface area contributed by atoms with E-state index < -0.39 is 11.7 Å². The molecule has 0 saturated heterocycles. The van der Waals surface area contributed by atoms with Crippen LogP contribution >= 0.6 is 0 Å². The van der Waals surface area contributed by atoms with Crippen LogP contribution in [-0.2, 0) is 12.7 Å². The van der Waals surface area contributed by atoms with Crippen molar-refractivity contribution in [1.29, 1.82) is 0 Å². The predicted octanol–water partition coefficient (Wildman–Crippen LogP) is 3.62. The van der Waals surface area contributed by atoms with Crippen LogP contribution in [0.3, 0.4) is 0 Å². The Morgan fingerprint density at radius 1 is 1.29 bits per heavy atom. The molecule has 2 aromatic rings. The second kappa shape index (κ2) is 6.30. The molecule has 0 spiro atoms. The van der Waals surface area contributed by atoms with Crippen LogP contribution in [0, 0.1) is 0 Å². The van der Waals surface area contributed by atoms with Crippen LogP contribution in [0.1, 0.15) is 36.1 Å². The van der Waals surface area contributed by atoms with Crippen LogP contribution in [0.4, 0.5) is 13.2 Å². The molecule has 114 valence electrons. The first kappa shape index (κ1) is 15.6. The molecule has 1 N–H and O–H groups in total. The molecule has 21 heavy (non-hydrogen) atoms. The number of aryl methyl sites for hydroxylation is 1. The highest BCUT2D eigenvalue weighted by Crippen LogP contribution is 2.32. The van der Waals surface area contributed by atoms with Crippen molar-refractivity contribution in [2.75, 3.05) is 7.05 Å². The van der Waals surface area contributed by atoms with Crippen molar-refractivity contribution < 1.29 is 13.2 Å². The van der Waals surface area contributed by atoms with Gasteiger partial charge in [-0.1, -0.05) is 19.1 Å². The Kier molecular flexibility index (Phi) is 4.67. The number of alkyl halides is 3. The fraction of sp³-hybridized carbons (Fsp3) is 0.400. The van der Waals surface area contributed by atoms with Crippen molar-refractivity contribution in [3.05, 3.63) is 53.3 Å². The van der Waals surface area contributed by atoms with Crippen LogP contribution in [-0.4, -0.2) is 16.8 Å². The van der Waals surface area contributed by atoms with Gasteiger partial charge >= 0.3 is 6.18 Å². The standard InChI is InChI=1S/C15H18F3N3/c1-3-7-21-10-12(9-20-21)14(19-2)11-5-4-6-13(8-11)15(16,17)18/h4-6,8-10,14,19H,3,7H2,1-2H3. The first-order chi connectivity index (χ1) is 9.95. The summed E-state index contributed by atoms with van der Waals surface area (Å²) in [5.74, 6) is 0. The number of hydrogen-bond acceptors (Lipinski definition) is 2. The minimum absolute atomic E-state index is 0.307. The van der Waals surface area contributed by atoms with Gasteiger partial charge in [-0.25, -0.2) is 0 Å². The molecule has 0 aliphatic carbocycles. The van der Waals surface area contributed by atoms with Gasteiger partial charge in [0, 0.05) is 18.3 Å². The molecule has 1 aromatic heterocycles. The summed E-state index contributed by atoms with van der Waals surface area (Å²) in [6.07, 6.45) is 0.178. The van der Waals surface area contributed by atoms with E-state index in [2.05, 4.69) is 10.4 Å². The lowest BCUT2D eigenvalue weighted by Gasteiger charge is -2.17. The third-order valence-electron chi connectivity index (χ3n) is 3.28. The number of halogens is 3. The van der Waals surface area contributed by atoms with Crippen LogP contribution < -0.4 is 5.32 Å². The van der Waals surface area contributed by atoms with Gasteiger partial charge < -0.3 is 5.32 Å². The number of benzene rings is 1. The van der Waals surface area contributed by atoms with E-state index in [-0.39, 0.29) is 6.04 Å². The summed E-state index contributed by atoms with van der Waals surface area (Å²) in [7, 11) is 1.72. The number of nitrogens with one attached hydrogen (secondary N) is 1. The summed E-state index contributed by atoms with van der Waals surface area (Å²) >= 11 is 0. The molecule has 0 aliphatic heterocycles. The lowest BCUT2D eigenvalue weighted by Crippen LogP contribution is -2.18. The molecule has 6 heteroatoms. The van der Waals surface area contributed by atoms with E-state index in [1.165, 1.54) is 12.1 Å². The molecule has 0 aliphatic rings. The Morgan fingerprint density at radius 2 is 2.05 bits per heavy atom. The molecule has 1 aromatic carbocycles. The van der Waals surface area contributed by atoms with E-state index in [9.17, 15) is 13.2 Å². The summed E-state index contributed by atoms with van der Waals surface area (Å²) in [5.41, 5.74) is 0.787. The topological polar surface area (TPSA) is 29.9 Å². The molecule has 2 rings (SSSR count). The molecule has 0 saturated carbocycles. The summed E-state index contributed by atoms with van der Waals surface area (Å²) in [5, 5.41) is 7.27. The van der Waals surface area contributed by atoms with Gasteiger partial charge in [-0.3, -0.25) is 4.68 Å². The molecule has 1 atom stereocenters. The Labute approximate surface area is 121 Å². The average molecular weight is 297 g/mol. The molecule has 0 amide bonds. The lowest BCUT2D eigenvalue weighted by molar-refractivity contribution is -0.137. The fourth-order valence-electron chi connectivity index (χ4n) is 2.30. The second-order valence-corrected chi connectivity index (χ2v) is 4.88. The maximum atomic E-state index is 12.8. The van der Waals surface area contributed by atoms with E-state index in [0.717, 1.165) is 24.6 Å². The third-order valence-corrected chi connectivity index (χ3v) is 3.28. The molecule has 3 nitrogen and oxygen atoms in total. The normalized spacial score (nSPS) is 13.4. The van der Waals surface area contributed by atoms with E-state index in [1.807, 2.05) is 13.1 Å². The van der Waals surface area contributed by atoms with Crippen molar-refractivity contribution in [2.45, 2.75) is 32.1 Å². The van der Waals surface area contributed by atoms with Gasteiger partial charge in [0.25, 0.3) is 0 Å². The summed E-state index contributed by atoms with van der Waals surface area (Å²) < 4.78 is 40.2. The summed E-state index contributed by atoms with van der Waals surface area (Å²) in [6.45, 7) is 2.84. The van der Waals surface area contributed by atoms with Crippen LogP contribution in [0.2, 0.25) is 0 Å². The Balaban J connectivity index is 2.32. The Morgan fingerprint density at radius 3 is 2.67 bits per heavy atom. The van der Waals surface area contributed by atoms with Gasteiger partial charge in [0.15, 0.2) is 0 Å². The van der Waals surface area contributed by atoms with Crippen LogP contribution in [0.15, 0.2) is 36.7 Å². The molecule has 0 fully saturated rings. The van der Waals surface area contributed by atoms with Crippen LogP contribution in [0.5, 0.6) is 0 Å². The van der Waals surface area contributed by atoms with Gasteiger partial charge in [0.1, 0.15) is 0 Å². The van der Waals surface area contributed by atoms with Crippen molar-refractivity contribution >= 4 is 0 Å². The maximum absolute atomic E-state index is 12.8. The van der Waals surface area contributed by atoms with E-state index in [4.69, 9.17) is 0 Å². The zero-order valence-electron chi connectivity index (χ0n) is 12.0. The first-order valence-electron chi connectivity index (χ1n) is 6.82. The smallest absolute Gasteiger partial charge is 0.309 e. The number of aromatic nitrogens is 2. The highest BCUT2D eigenvalue weighted by atomic mass is 19.4. The quantitative estimate of drug-likeness (QED) is 0.913. The number of nitrogens with zero attached hydrogens (tertiary/aromatic N) is 2. The predicted molar refractivity (Wildman–Crippen MR) is 74.9 cm³/mol. The van der Waals surface area contributed by atoms with Gasteiger partial charge in [-0.2, -0.15) is 18.3 Å². The highest BCUT2D eigenvalue weighted by molar-refractivity contribution is 5.33. The number of hydrogen-bond donors (Lipinski definition) is 1. The van der Waals surface area contributed by atoms with Crippen LogP contribution in [0.25, 0.3) is 0 Å². The Hall–Kier alpha value is -1.82. The van der Waals surface area contributed by atoms with Gasteiger partial charge in [-0.05, 0) is 31.2 Å². The molecule has 1 heterocycles. The fourth-order valence-corrected chi connectivity index (χ4v) is 2.30. The van der Waals surface area contributed by atoms with Crippen molar-refractivity contribution in [3.63, 3.8) is 0 Å². The van der Waals surface area contributed by atoms with Crippen molar-refractivity contribution in [3.8, 4) is 0 Å². The minimum atomic E-state index is -4.33. The minimum Gasteiger partial charge on any atom is -0.309 e. The summed E-state index contributed by atoms with van der Waals surface area (Å²) in [4.78, 5) is 0.